The Hall–Kier alpha value is -5.70. The summed E-state index contributed by atoms with van der Waals surface area (Å²) in [4.78, 5) is 43.8. The number of carbonyl (C=O) groups excluding carboxylic acids is 3. The van der Waals surface area contributed by atoms with Crippen molar-refractivity contribution in [2.75, 3.05) is 97.3 Å². The molecule has 1 aromatic heterocycles. The van der Waals surface area contributed by atoms with Gasteiger partial charge in [0.2, 0.25) is 5.91 Å². The van der Waals surface area contributed by atoms with Gasteiger partial charge >= 0.3 is 0 Å². The predicted octanol–water partition coefficient (Wildman–Crippen LogP) is 7.56. The Labute approximate surface area is 405 Å². The molecule has 364 valence electrons. The van der Waals surface area contributed by atoms with E-state index in [1.165, 1.54) is 11.6 Å². The lowest BCUT2D eigenvalue weighted by Crippen LogP contribution is -2.40. The molecule has 0 fully saturated rings. The van der Waals surface area contributed by atoms with Crippen LogP contribution in [-0.2, 0) is 44.4 Å². The molecule has 0 radical (unpaired) electrons. The first kappa shape index (κ1) is 53.3. The van der Waals surface area contributed by atoms with E-state index in [2.05, 4.69) is 28.6 Å². The molecule has 2 N–H and O–H groups in total. The van der Waals surface area contributed by atoms with Crippen LogP contribution in [0.4, 0.5) is 5.69 Å². The van der Waals surface area contributed by atoms with Gasteiger partial charge in [0.1, 0.15) is 29.2 Å². The van der Waals surface area contributed by atoms with Gasteiger partial charge in [-0.2, -0.15) is 5.26 Å². The second-order valence-corrected chi connectivity index (χ2v) is 16.3. The molecule has 2 heterocycles. The predicted molar refractivity (Wildman–Crippen MR) is 261 cm³/mol. The summed E-state index contributed by atoms with van der Waals surface area (Å²) in [5.74, 6) is 0.0967. The minimum absolute atomic E-state index is 0.0548. The number of halogens is 1. The number of nitrogens with one attached hydrogen (secondary N) is 2. The lowest BCUT2D eigenvalue weighted by molar-refractivity contribution is -0.118. The van der Waals surface area contributed by atoms with Crippen molar-refractivity contribution in [3.63, 3.8) is 0 Å². The van der Waals surface area contributed by atoms with E-state index in [1.807, 2.05) is 78.6 Å². The highest BCUT2D eigenvalue weighted by Gasteiger charge is 2.26. The van der Waals surface area contributed by atoms with Crippen LogP contribution in [0.1, 0.15) is 73.3 Å². The number of hydrogen-bond acceptors (Lipinski definition) is 12. The number of anilines is 1. The van der Waals surface area contributed by atoms with Crippen LogP contribution in [0.15, 0.2) is 90.5 Å². The van der Waals surface area contributed by atoms with Crippen LogP contribution in [0.2, 0.25) is 5.15 Å². The number of nitriles is 1. The highest BCUT2D eigenvalue weighted by Crippen LogP contribution is 2.34. The van der Waals surface area contributed by atoms with E-state index < -0.39 is 5.91 Å². The Kier molecular flexibility index (Phi) is 23.4. The third kappa shape index (κ3) is 18.1. The van der Waals surface area contributed by atoms with Crippen LogP contribution in [0, 0.1) is 11.3 Å². The summed E-state index contributed by atoms with van der Waals surface area (Å²) in [6.45, 7) is 11.6. The maximum atomic E-state index is 12.9. The molecule has 16 heteroatoms. The topological polar surface area (TPSA) is 180 Å². The zero-order valence-corrected chi connectivity index (χ0v) is 40.1. The monoisotopic (exact) mass is 953 g/mol. The average molecular weight is 955 g/mol. The lowest BCUT2D eigenvalue weighted by Gasteiger charge is -2.34. The van der Waals surface area contributed by atoms with E-state index in [9.17, 15) is 19.6 Å². The van der Waals surface area contributed by atoms with Crippen LogP contribution >= 0.6 is 11.6 Å². The fraction of sp³-hybridized carbons (Fsp3) is 0.442. The molecule has 4 aromatic rings. The number of hydrogen-bond donors (Lipinski definition) is 2. The molecule has 3 aromatic carbocycles. The van der Waals surface area contributed by atoms with Crippen molar-refractivity contribution in [2.45, 2.75) is 58.5 Å². The van der Waals surface area contributed by atoms with Crippen LogP contribution < -0.4 is 20.3 Å². The molecule has 15 nitrogen and oxygen atoms in total. The highest BCUT2D eigenvalue weighted by atomic mass is 35.5. The van der Waals surface area contributed by atoms with E-state index in [1.54, 1.807) is 25.1 Å². The van der Waals surface area contributed by atoms with Gasteiger partial charge in [-0.1, -0.05) is 61.3 Å². The lowest BCUT2D eigenvalue weighted by atomic mass is 9.93. The van der Waals surface area contributed by atoms with Crippen LogP contribution in [0.5, 0.6) is 5.75 Å². The fourth-order valence-electron chi connectivity index (χ4n) is 7.43. The third-order valence-corrected chi connectivity index (χ3v) is 11.1. The summed E-state index contributed by atoms with van der Waals surface area (Å²) in [5.41, 5.74) is 6.08. The van der Waals surface area contributed by atoms with E-state index in [4.69, 9.17) is 44.8 Å². The maximum absolute atomic E-state index is 12.9. The molecule has 0 aliphatic carbocycles. The Morgan fingerprint density at radius 3 is 1.96 bits per heavy atom. The number of benzene rings is 3. The van der Waals surface area contributed by atoms with Gasteiger partial charge in [0.05, 0.1) is 91.0 Å². The van der Waals surface area contributed by atoms with Crippen molar-refractivity contribution in [2.24, 2.45) is 0 Å². The van der Waals surface area contributed by atoms with Crippen molar-refractivity contribution >= 4 is 41.1 Å². The van der Waals surface area contributed by atoms with Crippen LogP contribution in [0.3, 0.4) is 0 Å². The fourth-order valence-corrected chi connectivity index (χ4v) is 7.60. The van der Waals surface area contributed by atoms with Gasteiger partial charge in [0.25, 0.3) is 11.8 Å². The van der Waals surface area contributed by atoms with E-state index in [-0.39, 0.29) is 34.6 Å². The van der Waals surface area contributed by atoms with E-state index in [0.29, 0.717) is 116 Å². The largest absolute Gasteiger partial charge is 0.491 e. The minimum atomic E-state index is -0.481. The molecule has 3 amide bonds. The third-order valence-electron chi connectivity index (χ3n) is 10.9. The Bertz CT molecular complexity index is 2250. The number of pyridine rings is 1. The van der Waals surface area contributed by atoms with Gasteiger partial charge in [-0.3, -0.25) is 14.4 Å². The summed E-state index contributed by atoms with van der Waals surface area (Å²) < 4.78 is 39.2. The van der Waals surface area contributed by atoms with E-state index >= 15 is 0 Å². The van der Waals surface area contributed by atoms with Gasteiger partial charge in [-0.05, 0) is 103 Å². The molecule has 0 bridgehead atoms. The molecular weight excluding hydrogens is 890 g/mol. The van der Waals surface area contributed by atoms with Gasteiger partial charge < -0.3 is 48.7 Å². The molecular formula is C52H64ClN5O10. The Balaban J connectivity index is 0.792. The van der Waals surface area contributed by atoms with Crippen molar-refractivity contribution in [3.05, 3.63) is 118 Å². The minimum Gasteiger partial charge on any atom is -0.491 e. The molecule has 0 saturated carbocycles. The molecule has 0 spiro atoms. The molecule has 0 saturated heterocycles. The van der Waals surface area contributed by atoms with Crippen molar-refractivity contribution in [3.8, 4) is 22.9 Å². The van der Waals surface area contributed by atoms with Crippen molar-refractivity contribution in [1.29, 1.82) is 5.26 Å². The standard InChI is InChI=1S/C52H64ClN5O10/c1-4-6-48(57-52(61)45(37-54)36-46-7-5-8-50(53)56-46)41-15-18-47(19-16-41)68-34-33-67-32-31-66-30-29-65-28-27-64-26-25-63-24-23-62-22-21-55-51(60)42-13-11-40(12-14-42)43-17-20-49-44(35-43)10-9-38(2)58(49)39(3)59/h5,7-8,11-20,35-36,38,48H,4,6,9-10,21-34H2,1-3H3,(H,55,60)(H,57,61)/b45-36+/t38-,48?/m0/s1. The Morgan fingerprint density at radius 1 is 0.794 bits per heavy atom. The first-order valence-electron chi connectivity index (χ1n) is 23.2. The zero-order valence-electron chi connectivity index (χ0n) is 39.3. The summed E-state index contributed by atoms with van der Waals surface area (Å²) in [6, 6.07) is 28.1. The van der Waals surface area contributed by atoms with Crippen LogP contribution in [-0.4, -0.2) is 121 Å². The number of nitrogens with zero attached hydrogens (tertiary/aromatic N) is 3. The summed E-state index contributed by atoms with van der Waals surface area (Å²) >= 11 is 5.94. The smallest absolute Gasteiger partial charge is 0.262 e. The summed E-state index contributed by atoms with van der Waals surface area (Å²) in [5, 5.41) is 15.7. The van der Waals surface area contributed by atoms with Crippen molar-refractivity contribution < 1.29 is 47.5 Å². The average Bonchev–Trinajstić information content (AvgIpc) is 3.34. The van der Waals surface area contributed by atoms with Gasteiger partial charge in [-0.15, -0.1) is 0 Å². The number of aromatic nitrogens is 1. The van der Waals surface area contributed by atoms with E-state index in [0.717, 1.165) is 41.6 Å². The first-order valence-corrected chi connectivity index (χ1v) is 23.6. The molecule has 1 unspecified atom stereocenters. The molecule has 2 atom stereocenters. The maximum Gasteiger partial charge on any atom is 0.262 e. The number of carbonyl (C=O) groups is 3. The Morgan fingerprint density at radius 2 is 1.38 bits per heavy atom. The molecule has 68 heavy (non-hydrogen) atoms. The van der Waals surface area contributed by atoms with Gasteiger partial charge in [0.15, 0.2) is 0 Å². The number of rotatable bonds is 30. The zero-order chi connectivity index (χ0) is 48.4. The quantitative estimate of drug-likeness (QED) is 0.0227. The number of aryl methyl sites for hydroxylation is 1. The number of amides is 3. The van der Waals surface area contributed by atoms with Crippen LogP contribution in [0.25, 0.3) is 17.2 Å². The molecule has 1 aliphatic heterocycles. The van der Waals surface area contributed by atoms with Crippen molar-refractivity contribution in [1.82, 2.24) is 15.6 Å². The second kappa shape index (κ2) is 29.9. The van der Waals surface area contributed by atoms with Gasteiger partial charge in [0, 0.05) is 30.8 Å². The highest BCUT2D eigenvalue weighted by molar-refractivity contribution is 6.29. The SMILES string of the molecule is CCCC(NC(=O)/C(C#N)=C/c1cccc(Cl)n1)c1ccc(OCCOCCOCCOCCOCCOCCOCCNC(=O)c2ccc(-c3ccc4c(c3)CC[C@H](C)N4C(C)=O)cc2)cc1. The number of fused-ring (bicyclic) bond motifs is 1. The molecule has 1 aliphatic rings. The normalized spacial score (nSPS) is 13.9. The summed E-state index contributed by atoms with van der Waals surface area (Å²) in [6.07, 6.45) is 4.81. The second-order valence-electron chi connectivity index (χ2n) is 15.9. The summed E-state index contributed by atoms with van der Waals surface area (Å²) in [7, 11) is 0. The number of ether oxygens (including phenoxy) is 7. The van der Waals surface area contributed by atoms with Gasteiger partial charge in [-0.25, -0.2) is 4.98 Å². The molecule has 5 rings (SSSR count). The first-order chi connectivity index (χ1) is 33.2.